The Labute approximate surface area is 98.9 Å². The van der Waals surface area contributed by atoms with Gasteiger partial charge in [-0.3, -0.25) is 18.7 Å². The number of aliphatic hydroxyl groups excluding tert-OH is 1. The minimum absolute atomic E-state index is 0.144. The molecule has 0 saturated carbocycles. The van der Waals surface area contributed by atoms with Crippen LogP contribution in [0.1, 0.15) is 0 Å². The first-order chi connectivity index (χ1) is 8.65. The molecule has 3 aromatic rings. The number of rotatable bonds is 2. The maximum atomic E-state index is 11.9. The van der Waals surface area contributed by atoms with E-state index in [4.69, 9.17) is 5.11 Å². The number of hydrogen-bond acceptors (Lipinski definition) is 5. The monoisotopic (exact) mass is 250 g/mol. The van der Waals surface area contributed by atoms with Crippen LogP contribution in [0.3, 0.4) is 0 Å². The lowest BCUT2D eigenvalue weighted by Crippen LogP contribution is -2.29. The Morgan fingerprint density at radius 3 is 2.94 bits per heavy atom. The second-order valence-corrected chi connectivity index (χ2v) is 3.87. The zero-order valence-corrected chi connectivity index (χ0v) is 9.49. The molecule has 94 valence electrons. The first-order valence-corrected chi connectivity index (χ1v) is 5.27. The number of aromatic amines is 1. The molecule has 0 aromatic carbocycles. The molecular weight excluding hydrogens is 240 g/mol. The molecule has 0 bridgehead atoms. The average Bonchev–Trinajstić information content (AvgIpc) is 2.88. The van der Waals surface area contributed by atoms with Crippen LogP contribution >= 0.6 is 0 Å². The normalized spacial score (nSPS) is 11.7. The van der Waals surface area contributed by atoms with Crippen molar-refractivity contribution in [1.82, 2.24) is 28.7 Å². The van der Waals surface area contributed by atoms with Crippen LogP contribution in [-0.4, -0.2) is 40.4 Å². The lowest BCUT2D eigenvalue weighted by atomic mass is 10.5. The highest BCUT2D eigenvalue weighted by atomic mass is 16.3. The lowest BCUT2D eigenvalue weighted by molar-refractivity contribution is 0.279. The highest BCUT2D eigenvalue weighted by molar-refractivity contribution is 5.76. The number of aromatic nitrogens is 6. The Bertz CT molecular complexity index is 851. The highest BCUT2D eigenvalue weighted by Gasteiger charge is 2.17. The number of nitrogens with zero attached hydrogens (tertiary/aromatic N) is 5. The molecule has 3 aromatic heterocycles. The number of aliphatic hydroxyl groups is 1. The third-order valence-electron chi connectivity index (χ3n) is 2.86. The highest BCUT2D eigenvalue weighted by Crippen LogP contribution is 2.13. The maximum Gasteiger partial charge on any atom is 0.329 e. The molecule has 3 rings (SSSR count). The van der Waals surface area contributed by atoms with Crippen LogP contribution in [0.15, 0.2) is 15.9 Å². The average molecular weight is 250 g/mol. The van der Waals surface area contributed by atoms with E-state index in [0.717, 1.165) is 0 Å². The summed E-state index contributed by atoms with van der Waals surface area (Å²) in [5.74, 6) is 0.408. The predicted molar refractivity (Wildman–Crippen MR) is 61.4 cm³/mol. The second kappa shape index (κ2) is 3.53. The number of hydrogen-bond donors (Lipinski definition) is 2. The molecule has 0 aliphatic rings. The molecule has 0 aliphatic heterocycles. The van der Waals surface area contributed by atoms with Gasteiger partial charge in [0.1, 0.15) is 6.33 Å². The summed E-state index contributed by atoms with van der Waals surface area (Å²) in [4.78, 5) is 25.7. The molecule has 0 amide bonds. The first-order valence-electron chi connectivity index (χ1n) is 5.27. The van der Waals surface area contributed by atoms with E-state index in [2.05, 4.69) is 15.2 Å². The summed E-state index contributed by atoms with van der Waals surface area (Å²) >= 11 is 0. The molecule has 0 spiro atoms. The fraction of sp³-hybridized carbons (Fsp3) is 0.333. The second-order valence-electron chi connectivity index (χ2n) is 3.87. The first kappa shape index (κ1) is 10.7. The molecule has 0 radical (unpaired) electrons. The number of nitrogens with one attached hydrogen (secondary N) is 1. The molecule has 0 unspecified atom stereocenters. The van der Waals surface area contributed by atoms with Gasteiger partial charge in [0.25, 0.3) is 5.56 Å². The van der Waals surface area contributed by atoms with Crippen LogP contribution in [0.4, 0.5) is 0 Å². The van der Waals surface area contributed by atoms with E-state index in [1.807, 2.05) is 0 Å². The third-order valence-corrected chi connectivity index (χ3v) is 2.86. The van der Waals surface area contributed by atoms with Gasteiger partial charge in [0, 0.05) is 13.6 Å². The quantitative estimate of drug-likeness (QED) is 0.550. The van der Waals surface area contributed by atoms with Crippen molar-refractivity contribution in [2.24, 2.45) is 7.05 Å². The molecule has 0 aliphatic carbocycles. The van der Waals surface area contributed by atoms with Gasteiger partial charge >= 0.3 is 5.69 Å². The molecule has 0 fully saturated rings. The van der Waals surface area contributed by atoms with Gasteiger partial charge in [-0.1, -0.05) is 0 Å². The molecule has 3 heterocycles. The maximum absolute atomic E-state index is 11.9. The van der Waals surface area contributed by atoms with Crippen molar-refractivity contribution in [2.75, 3.05) is 6.61 Å². The van der Waals surface area contributed by atoms with Gasteiger partial charge in [-0.25, -0.2) is 4.79 Å². The van der Waals surface area contributed by atoms with Crippen LogP contribution in [0.25, 0.3) is 16.9 Å². The van der Waals surface area contributed by atoms with Crippen molar-refractivity contribution in [3.63, 3.8) is 0 Å². The largest absolute Gasteiger partial charge is 0.395 e. The van der Waals surface area contributed by atoms with Crippen molar-refractivity contribution in [1.29, 1.82) is 0 Å². The Morgan fingerprint density at radius 1 is 1.44 bits per heavy atom. The van der Waals surface area contributed by atoms with E-state index in [9.17, 15) is 9.59 Å². The summed E-state index contributed by atoms with van der Waals surface area (Å²) in [6.07, 6.45) is 1.42. The lowest BCUT2D eigenvalue weighted by Gasteiger charge is -2.01. The molecule has 9 heteroatoms. The Hall–Kier alpha value is -2.42. The van der Waals surface area contributed by atoms with Gasteiger partial charge in [0.15, 0.2) is 11.2 Å². The molecule has 18 heavy (non-hydrogen) atoms. The number of fused-ring (bicyclic) bond motifs is 3. The fourth-order valence-electron chi connectivity index (χ4n) is 2.09. The SMILES string of the molecule is Cn1c(=O)[nH]c(=O)c2c1n1cnnc1n2CCO. The van der Waals surface area contributed by atoms with Crippen molar-refractivity contribution < 1.29 is 5.11 Å². The van der Waals surface area contributed by atoms with Crippen molar-refractivity contribution in [2.45, 2.75) is 6.54 Å². The van der Waals surface area contributed by atoms with E-state index in [-0.39, 0.29) is 18.7 Å². The van der Waals surface area contributed by atoms with Gasteiger partial charge < -0.3 is 9.67 Å². The standard InChI is InChI=1S/C9H10N6O3/c1-13-7-5(6(17)11-9(13)18)14(2-3-16)8-12-10-4-15(7)8/h4,16H,2-3H2,1H3,(H,11,17,18). The molecule has 9 nitrogen and oxygen atoms in total. The topological polar surface area (TPSA) is 110 Å². The molecule has 0 atom stereocenters. The van der Waals surface area contributed by atoms with Crippen LogP contribution < -0.4 is 11.2 Å². The van der Waals surface area contributed by atoms with E-state index in [1.54, 1.807) is 11.4 Å². The van der Waals surface area contributed by atoms with Gasteiger partial charge in [0.05, 0.1) is 6.61 Å². The van der Waals surface area contributed by atoms with E-state index in [0.29, 0.717) is 11.4 Å². The van der Waals surface area contributed by atoms with E-state index in [1.165, 1.54) is 15.5 Å². The molecule has 0 saturated heterocycles. The summed E-state index contributed by atoms with van der Waals surface area (Å²) in [7, 11) is 1.54. The number of H-pyrrole nitrogens is 1. The smallest absolute Gasteiger partial charge is 0.329 e. The third kappa shape index (κ3) is 1.19. The summed E-state index contributed by atoms with van der Waals surface area (Å²) in [5.41, 5.74) is -0.329. The van der Waals surface area contributed by atoms with Crippen molar-refractivity contribution >= 4 is 16.9 Å². The van der Waals surface area contributed by atoms with Crippen LogP contribution in [-0.2, 0) is 13.6 Å². The van der Waals surface area contributed by atoms with Gasteiger partial charge in [0.2, 0.25) is 5.78 Å². The zero-order valence-electron chi connectivity index (χ0n) is 9.49. The Morgan fingerprint density at radius 2 is 2.22 bits per heavy atom. The predicted octanol–water partition coefficient (Wildman–Crippen LogP) is -1.94. The van der Waals surface area contributed by atoms with Crippen LogP contribution in [0, 0.1) is 0 Å². The minimum Gasteiger partial charge on any atom is -0.395 e. The van der Waals surface area contributed by atoms with Gasteiger partial charge in [-0.15, -0.1) is 10.2 Å². The number of aryl methyl sites for hydroxylation is 1. The zero-order chi connectivity index (χ0) is 12.9. The minimum atomic E-state index is -0.510. The summed E-state index contributed by atoms with van der Waals surface area (Å²) < 4.78 is 4.38. The van der Waals surface area contributed by atoms with Gasteiger partial charge in [-0.2, -0.15) is 0 Å². The summed E-state index contributed by atoms with van der Waals surface area (Å²) in [6, 6.07) is 0. The van der Waals surface area contributed by atoms with Gasteiger partial charge in [-0.05, 0) is 0 Å². The Balaban J connectivity index is 2.66. The Kier molecular flexibility index (Phi) is 2.10. The van der Waals surface area contributed by atoms with Crippen molar-refractivity contribution in [3.8, 4) is 0 Å². The fourth-order valence-corrected chi connectivity index (χ4v) is 2.09. The summed E-state index contributed by atoms with van der Waals surface area (Å²) in [6.45, 7) is 0.0571. The van der Waals surface area contributed by atoms with Crippen molar-refractivity contribution in [3.05, 3.63) is 27.2 Å². The van der Waals surface area contributed by atoms with Crippen LogP contribution in [0.5, 0.6) is 0 Å². The summed E-state index contributed by atoms with van der Waals surface area (Å²) in [5, 5.41) is 16.7. The molecule has 2 N–H and O–H groups in total. The number of imidazole rings is 1. The van der Waals surface area contributed by atoms with E-state index < -0.39 is 11.2 Å². The molecular formula is C9H10N6O3. The van der Waals surface area contributed by atoms with Crippen LogP contribution in [0.2, 0.25) is 0 Å². The van der Waals surface area contributed by atoms with E-state index >= 15 is 0 Å².